The monoisotopic (exact) mass is 560 g/mol. The molecule has 6 nitrogen and oxygen atoms in total. The second-order valence-corrected chi connectivity index (χ2v) is 8.98. The van der Waals surface area contributed by atoms with E-state index in [0.29, 0.717) is 19.5 Å². The van der Waals surface area contributed by atoms with Crippen molar-refractivity contribution in [2.75, 3.05) is 39.5 Å². The molecule has 0 spiro atoms. The van der Waals surface area contributed by atoms with Crippen LogP contribution in [-0.4, -0.2) is 63.1 Å². The first kappa shape index (κ1) is 25.6. The Morgan fingerprint density at radius 2 is 1.88 bits per heavy atom. The molecule has 26 heavy (non-hydrogen) atoms. The van der Waals surface area contributed by atoms with Gasteiger partial charge in [0.15, 0.2) is 5.96 Å². The zero-order valence-corrected chi connectivity index (χ0v) is 20.6. The van der Waals surface area contributed by atoms with Crippen molar-refractivity contribution in [2.45, 2.75) is 26.8 Å². The summed E-state index contributed by atoms with van der Waals surface area (Å²) in [6.45, 7) is 6.26. The minimum atomic E-state index is -3.12. The highest BCUT2D eigenvalue weighted by Gasteiger charge is 2.14. The fourth-order valence-electron chi connectivity index (χ4n) is 2.26. The molecule has 0 aromatic heterocycles. The van der Waals surface area contributed by atoms with Crippen LogP contribution in [0.2, 0.25) is 0 Å². The molecule has 0 aliphatic carbocycles. The molecule has 0 aliphatic heterocycles. The third kappa shape index (κ3) is 8.53. The van der Waals surface area contributed by atoms with Crippen LogP contribution >= 0.6 is 39.9 Å². The van der Waals surface area contributed by atoms with Gasteiger partial charge in [-0.3, -0.25) is 4.99 Å². The number of nitrogens with zero attached hydrogens (tertiary/aromatic N) is 3. The van der Waals surface area contributed by atoms with Gasteiger partial charge < -0.3 is 10.2 Å². The number of rotatable bonds is 9. The predicted octanol–water partition coefficient (Wildman–Crippen LogP) is 3.14. The summed E-state index contributed by atoms with van der Waals surface area (Å²) in [5.74, 6) is 0.948. The van der Waals surface area contributed by atoms with Gasteiger partial charge in [0.05, 0.1) is 5.75 Å². The molecule has 0 saturated carbocycles. The fourth-order valence-corrected chi connectivity index (χ4v) is 3.52. The van der Waals surface area contributed by atoms with E-state index in [4.69, 9.17) is 0 Å². The number of nitrogens with one attached hydrogen (secondary N) is 1. The van der Waals surface area contributed by atoms with Crippen molar-refractivity contribution in [3.8, 4) is 0 Å². The average Bonchev–Trinajstić information content (AvgIpc) is 2.59. The van der Waals surface area contributed by atoms with E-state index in [0.717, 1.165) is 23.5 Å². The van der Waals surface area contributed by atoms with Crippen LogP contribution in [-0.2, 0) is 16.6 Å². The van der Waals surface area contributed by atoms with Gasteiger partial charge in [-0.2, -0.15) is 0 Å². The summed E-state index contributed by atoms with van der Waals surface area (Å²) in [6, 6.07) is 8.11. The normalized spacial score (nSPS) is 12.0. The van der Waals surface area contributed by atoms with E-state index in [1.54, 1.807) is 14.0 Å². The quantitative estimate of drug-likeness (QED) is 0.218. The summed E-state index contributed by atoms with van der Waals surface area (Å²) >= 11 is 3.57. The van der Waals surface area contributed by atoms with Crippen LogP contribution in [0.5, 0.6) is 0 Å². The molecule has 0 fully saturated rings. The summed E-state index contributed by atoms with van der Waals surface area (Å²) in [4.78, 5) is 6.68. The minimum Gasteiger partial charge on any atom is -0.357 e. The molecule has 9 heteroatoms. The molecule has 0 saturated heterocycles. The summed E-state index contributed by atoms with van der Waals surface area (Å²) in [5, 5.41) is 3.28. The summed E-state index contributed by atoms with van der Waals surface area (Å²) < 4.78 is 26.0. The topological polar surface area (TPSA) is 65.0 Å². The van der Waals surface area contributed by atoms with Crippen LogP contribution in [0.4, 0.5) is 0 Å². The van der Waals surface area contributed by atoms with E-state index in [9.17, 15) is 8.42 Å². The maximum atomic E-state index is 11.7. The van der Waals surface area contributed by atoms with E-state index >= 15 is 0 Å². The molecule has 0 aliphatic rings. The van der Waals surface area contributed by atoms with Gasteiger partial charge in [0.1, 0.15) is 0 Å². The Balaban J connectivity index is 0.00000625. The van der Waals surface area contributed by atoms with E-state index in [-0.39, 0.29) is 29.7 Å². The Kier molecular flexibility index (Phi) is 12.7. The van der Waals surface area contributed by atoms with Crippen LogP contribution in [0.25, 0.3) is 0 Å². The lowest BCUT2D eigenvalue weighted by Gasteiger charge is -2.23. The largest absolute Gasteiger partial charge is 0.357 e. The van der Waals surface area contributed by atoms with Gasteiger partial charge in [0, 0.05) is 44.7 Å². The first-order valence-corrected chi connectivity index (χ1v) is 10.9. The predicted molar refractivity (Wildman–Crippen MR) is 124 cm³/mol. The van der Waals surface area contributed by atoms with Gasteiger partial charge in [0.2, 0.25) is 10.0 Å². The number of aliphatic imine (C=N–C) groups is 1. The lowest BCUT2D eigenvalue weighted by molar-refractivity contribution is 0.458. The third-order valence-electron chi connectivity index (χ3n) is 3.79. The van der Waals surface area contributed by atoms with Crippen LogP contribution in [0.1, 0.15) is 25.8 Å². The van der Waals surface area contributed by atoms with Crippen molar-refractivity contribution >= 4 is 55.9 Å². The molecule has 1 rings (SSSR count). The summed E-state index contributed by atoms with van der Waals surface area (Å²) in [6.07, 6.45) is 0.688. The number of sulfonamides is 1. The molecular formula is C17H30BrIN4O2S. The Morgan fingerprint density at radius 1 is 1.23 bits per heavy atom. The molecule has 1 aromatic carbocycles. The Bertz CT molecular complexity index is 670. The molecular weight excluding hydrogens is 531 g/mol. The van der Waals surface area contributed by atoms with Crippen molar-refractivity contribution in [3.05, 3.63) is 34.3 Å². The van der Waals surface area contributed by atoms with Crippen molar-refractivity contribution in [1.29, 1.82) is 0 Å². The van der Waals surface area contributed by atoms with Crippen molar-refractivity contribution in [2.24, 2.45) is 4.99 Å². The molecule has 0 amide bonds. The van der Waals surface area contributed by atoms with Crippen LogP contribution in [0.15, 0.2) is 33.7 Å². The highest BCUT2D eigenvalue weighted by Crippen LogP contribution is 2.17. The van der Waals surface area contributed by atoms with Gasteiger partial charge in [-0.15, -0.1) is 24.0 Å². The highest BCUT2D eigenvalue weighted by atomic mass is 127. The van der Waals surface area contributed by atoms with Crippen LogP contribution in [0, 0.1) is 0 Å². The van der Waals surface area contributed by atoms with Crippen LogP contribution in [0.3, 0.4) is 0 Å². The van der Waals surface area contributed by atoms with E-state index < -0.39 is 10.0 Å². The lowest BCUT2D eigenvalue weighted by Crippen LogP contribution is -2.38. The molecule has 0 radical (unpaired) electrons. The average molecular weight is 561 g/mol. The summed E-state index contributed by atoms with van der Waals surface area (Å²) in [5.41, 5.74) is 1.18. The zero-order valence-electron chi connectivity index (χ0n) is 15.9. The van der Waals surface area contributed by atoms with Gasteiger partial charge in [0.25, 0.3) is 0 Å². The molecule has 150 valence electrons. The number of hydrogen-bond acceptors (Lipinski definition) is 3. The fraction of sp³-hybridized carbons (Fsp3) is 0.588. The zero-order chi connectivity index (χ0) is 18.9. The first-order chi connectivity index (χ1) is 11.8. The second kappa shape index (κ2) is 12.9. The third-order valence-corrected chi connectivity index (χ3v) is 6.43. The standard InChI is InChI=1S/C17H29BrN4O2S.HI/c1-5-19-17(20-12-9-13-22(4)25(23,24)6-2)21(3)14-15-10-7-8-11-16(15)18;/h7-8,10-11H,5-6,9,12-14H2,1-4H3,(H,19,20);1H. The van der Waals surface area contributed by atoms with Crippen molar-refractivity contribution in [3.63, 3.8) is 0 Å². The van der Waals surface area contributed by atoms with Gasteiger partial charge in [-0.05, 0) is 31.9 Å². The van der Waals surface area contributed by atoms with E-state index in [2.05, 4.69) is 37.2 Å². The Morgan fingerprint density at radius 3 is 2.46 bits per heavy atom. The van der Waals surface area contributed by atoms with E-state index in [1.165, 1.54) is 9.87 Å². The highest BCUT2D eigenvalue weighted by molar-refractivity contribution is 14.0. The van der Waals surface area contributed by atoms with Crippen LogP contribution < -0.4 is 5.32 Å². The Labute approximate surface area is 183 Å². The van der Waals surface area contributed by atoms with Gasteiger partial charge in [-0.1, -0.05) is 34.1 Å². The Hall–Kier alpha value is -0.390. The summed E-state index contributed by atoms with van der Waals surface area (Å²) in [7, 11) is 0.495. The smallest absolute Gasteiger partial charge is 0.213 e. The SMILES string of the molecule is CCNC(=NCCCN(C)S(=O)(=O)CC)N(C)Cc1ccccc1Br.I. The van der Waals surface area contributed by atoms with Gasteiger partial charge in [-0.25, -0.2) is 12.7 Å². The molecule has 1 aromatic rings. The number of benzene rings is 1. The maximum absolute atomic E-state index is 11.7. The van der Waals surface area contributed by atoms with E-state index in [1.807, 2.05) is 32.2 Å². The number of halogens is 2. The van der Waals surface area contributed by atoms with Crippen molar-refractivity contribution in [1.82, 2.24) is 14.5 Å². The molecule has 0 unspecified atom stereocenters. The van der Waals surface area contributed by atoms with Gasteiger partial charge >= 0.3 is 0 Å². The molecule has 0 heterocycles. The second-order valence-electron chi connectivity index (χ2n) is 5.76. The van der Waals surface area contributed by atoms with Crippen molar-refractivity contribution < 1.29 is 8.42 Å². The minimum absolute atomic E-state index is 0. The number of guanidine groups is 1. The molecule has 1 N–H and O–H groups in total. The molecule has 0 bridgehead atoms. The molecule has 0 atom stereocenters. The number of hydrogen-bond donors (Lipinski definition) is 1. The first-order valence-electron chi connectivity index (χ1n) is 8.48. The lowest BCUT2D eigenvalue weighted by atomic mass is 10.2. The maximum Gasteiger partial charge on any atom is 0.213 e.